The van der Waals surface area contributed by atoms with Crippen molar-refractivity contribution < 1.29 is 18.1 Å². The number of hydrogen-bond acceptors (Lipinski definition) is 5. The predicted molar refractivity (Wildman–Crippen MR) is 54.1 cm³/mol. The van der Waals surface area contributed by atoms with Gasteiger partial charge in [0.1, 0.15) is 0 Å². The Balaban J connectivity index is 2.70. The molecule has 0 bridgehead atoms. The number of nitro benzene ring substituents is 1. The zero-order valence-electron chi connectivity index (χ0n) is 8.04. The van der Waals surface area contributed by atoms with Crippen molar-refractivity contribution in [1.29, 1.82) is 0 Å². The number of non-ortho nitro benzene ring substituents is 1. The van der Waals surface area contributed by atoms with Crippen LogP contribution in [-0.2, 0) is 9.84 Å². The third-order valence-electron chi connectivity index (χ3n) is 2.41. The van der Waals surface area contributed by atoms with E-state index in [4.69, 9.17) is 0 Å². The zero-order valence-corrected chi connectivity index (χ0v) is 8.86. The van der Waals surface area contributed by atoms with Crippen LogP contribution in [0, 0.1) is 10.1 Å². The Morgan fingerprint density at radius 2 is 2.00 bits per heavy atom. The number of rotatable bonds is 1. The molecule has 16 heavy (non-hydrogen) atoms. The molecule has 1 heterocycles. The lowest BCUT2D eigenvalue weighted by atomic mass is 10.1. The van der Waals surface area contributed by atoms with Gasteiger partial charge in [-0.15, -0.1) is 0 Å². The standard InChI is InChI=1S/C9H7NO5S/c11-8-3-4-16(14,15)9-2-1-6(10(12)13)5-7(8)9/h1-2,5H,3-4H2. The monoisotopic (exact) mass is 241 g/mol. The Morgan fingerprint density at radius 1 is 1.31 bits per heavy atom. The number of hydrogen-bond donors (Lipinski definition) is 0. The molecule has 2 rings (SSSR count). The number of fused-ring (bicyclic) bond motifs is 1. The van der Waals surface area contributed by atoms with Crippen molar-refractivity contribution in [2.45, 2.75) is 11.3 Å². The van der Waals surface area contributed by atoms with Crippen LogP contribution >= 0.6 is 0 Å². The van der Waals surface area contributed by atoms with E-state index in [1.165, 1.54) is 0 Å². The average Bonchev–Trinajstić information content (AvgIpc) is 2.23. The fourth-order valence-electron chi connectivity index (χ4n) is 1.59. The summed E-state index contributed by atoms with van der Waals surface area (Å²) in [5.41, 5.74) is -0.343. The van der Waals surface area contributed by atoms with Crippen LogP contribution in [-0.4, -0.2) is 24.9 Å². The van der Waals surface area contributed by atoms with Crippen LogP contribution in [0.5, 0.6) is 0 Å². The van der Waals surface area contributed by atoms with Gasteiger partial charge in [0.2, 0.25) is 0 Å². The van der Waals surface area contributed by atoms with Gasteiger partial charge in [0.05, 0.1) is 15.6 Å². The van der Waals surface area contributed by atoms with Crippen LogP contribution in [0.3, 0.4) is 0 Å². The Hall–Kier alpha value is -1.76. The molecule has 0 N–H and O–H groups in total. The van der Waals surface area contributed by atoms with E-state index in [0.29, 0.717) is 0 Å². The second-order valence-electron chi connectivity index (χ2n) is 3.43. The second kappa shape index (κ2) is 3.38. The van der Waals surface area contributed by atoms with Gasteiger partial charge in [-0.25, -0.2) is 8.42 Å². The Morgan fingerprint density at radius 3 is 2.62 bits per heavy atom. The minimum Gasteiger partial charge on any atom is -0.294 e. The van der Waals surface area contributed by atoms with Gasteiger partial charge in [-0.3, -0.25) is 14.9 Å². The molecule has 6 nitrogen and oxygen atoms in total. The van der Waals surface area contributed by atoms with Gasteiger partial charge in [-0.1, -0.05) is 0 Å². The van der Waals surface area contributed by atoms with Crippen molar-refractivity contribution in [3.8, 4) is 0 Å². The van der Waals surface area contributed by atoms with E-state index in [2.05, 4.69) is 0 Å². The van der Waals surface area contributed by atoms with Crippen molar-refractivity contribution in [2.75, 3.05) is 5.75 Å². The number of carbonyl (C=O) groups excluding carboxylic acids is 1. The number of sulfone groups is 1. The summed E-state index contributed by atoms with van der Waals surface area (Å²) < 4.78 is 23.2. The third kappa shape index (κ3) is 1.58. The summed E-state index contributed by atoms with van der Waals surface area (Å²) in [6.07, 6.45) is -0.115. The molecule has 1 aliphatic heterocycles. The van der Waals surface area contributed by atoms with Crippen LogP contribution in [0.25, 0.3) is 0 Å². The summed E-state index contributed by atoms with van der Waals surface area (Å²) in [6.45, 7) is 0. The van der Waals surface area contributed by atoms with E-state index >= 15 is 0 Å². The van der Waals surface area contributed by atoms with Crippen molar-refractivity contribution in [3.63, 3.8) is 0 Å². The highest BCUT2D eigenvalue weighted by molar-refractivity contribution is 7.91. The molecule has 0 radical (unpaired) electrons. The molecule has 0 atom stereocenters. The quantitative estimate of drug-likeness (QED) is 0.539. The fourth-order valence-corrected chi connectivity index (χ4v) is 3.05. The molecule has 84 valence electrons. The summed E-state index contributed by atoms with van der Waals surface area (Å²) in [4.78, 5) is 21.2. The molecule has 7 heteroatoms. The van der Waals surface area contributed by atoms with Gasteiger partial charge in [0, 0.05) is 24.1 Å². The first-order valence-electron chi connectivity index (χ1n) is 4.46. The predicted octanol–water partition coefficient (Wildman–Crippen LogP) is 0.955. The van der Waals surface area contributed by atoms with E-state index in [0.717, 1.165) is 18.2 Å². The first-order valence-corrected chi connectivity index (χ1v) is 6.11. The van der Waals surface area contributed by atoms with E-state index in [-0.39, 0.29) is 34.1 Å². The smallest absolute Gasteiger partial charge is 0.270 e. The summed E-state index contributed by atoms with van der Waals surface area (Å²) >= 11 is 0. The van der Waals surface area contributed by atoms with Crippen molar-refractivity contribution in [2.24, 2.45) is 0 Å². The molecule has 1 aliphatic rings. The fraction of sp³-hybridized carbons (Fsp3) is 0.222. The molecule has 0 saturated heterocycles. The summed E-state index contributed by atoms with van der Waals surface area (Å²) in [5, 5.41) is 10.5. The van der Waals surface area contributed by atoms with Crippen molar-refractivity contribution >= 4 is 21.3 Å². The lowest BCUT2D eigenvalue weighted by Gasteiger charge is -2.14. The SMILES string of the molecule is O=C1CCS(=O)(=O)c2ccc([N+](=O)[O-])cc21. The normalized spacial score (nSPS) is 17.9. The number of nitrogens with zero attached hydrogens (tertiary/aromatic N) is 1. The summed E-state index contributed by atoms with van der Waals surface area (Å²) in [5.74, 6) is -0.593. The first-order chi connectivity index (χ1) is 7.42. The molecule has 0 fully saturated rings. The topological polar surface area (TPSA) is 94.3 Å². The molecule has 1 aromatic rings. The van der Waals surface area contributed by atoms with Crippen LogP contribution < -0.4 is 0 Å². The third-order valence-corrected chi connectivity index (χ3v) is 4.17. The number of Topliss-reactive ketones (excluding diaryl/α,β-unsaturated/α-hetero) is 1. The number of nitro groups is 1. The molecule has 0 unspecified atom stereocenters. The summed E-state index contributed by atoms with van der Waals surface area (Å²) in [7, 11) is -3.46. The lowest BCUT2D eigenvalue weighted by Crippen LogP contribution is -2.21. The molecule has 0 amide bonds. The van der Waals surface area contributed by atoms with E-state index in [9.17, 15) is 23.3 Å². The molecule has 0 saturated carbocycles. The highest BCUT2D eigenvalue weighted by Crippen LogP contribution is 2.28. The van der Waals surface area contributed by atoms with Crippen LogP contribution in [0.1, 0.15) is 16.8 Å². The first kappa shape index (κ1) is 10.7. The summed E-state index contributed by atoms with van der Waals surface area (Å²) in [6, 6.07) is 3.24. The van der Waals surface area contributed by atoms with Gasteiger partial charge in [0.15, 0.2) is 15.6 Å². The van der Waals surface area contributed by atoms with Gasteiger partial charge in [-0.2, -0.15) is 0 Å². The maximum atomic E-state index is 11.6. The number of benzene rings is 1. The molecule has 0 aliphatic carbocycles. The second-order valence-corrected chi connectivity index (χ2v) is 5.51. The Bertz CT molecular complexity index is 590. The Kier molecular flexibility index (Phi) is 2.27. The molecule has 0 spiro atoms. The maximum absolute atomic E-state index is 11.6. The highest BCUT2D eigenvalue weighted by Gasteiger charge is 2.30. The van der Waals surface area contributed by atoms with Gasteiger partial charge >= 0.3 is 0 Å². The minimum atomic E-state index is -3.46. The molecular formula is C9H7NO5S. The number of ketones is 1. The van der Waals surface area contributed by atoms with Crippen LogP contribution in [0.4, 0.5) is 5.69 Å². The molecule has 0 aromatic heterocycles. The number of carbonyl (C=O) groups is 1. The molecular weight excluding hydrogens is 234 g/mol. The van der Waals surface area contributed by atoms with Gasteiger partial charge in [-0.05, 0) is 6.07 Å². The van der Waals surface area contributed by atoms with Crippen LogP contribution in [0.2, 0.25) is 0 Å². The van der Waals surface area contributed by atoms with Crippen molar-refractivity contribution in [1.82, 2.24) is 0 Å². The Labute approximate surface area is 91.0 Å². The van der Waals surface area contributed by atoms with Gasteiger partial charge < -0.3 is 0 Å². The van der Waals surface area contributed by atoms with E-state index in [1.807, 2.05) is 0 Å². The largest absolute Gasteiger partial charge is 0.294 e. The average molecular weight is 241 g/mol. The maximum Gasteiger partial charge on any atom is 0.270 e. The van der Waals surface area contributed by atoms with Crippen LogP contribution in [0.15, 0.2) is 23.1 Å². The lowest BCUT2D eigenvalue weighted by molar-refractivity contribution is -0.384. The van der Waals surface area contributed by atoms with Gasteiger partial charge in [0.25, 0.3) is 5.69 Å². The highest BCUT2D eigenvalue weighted by atomic mass is 32.2. The van der Waals surface area contributed by atoms with E-state index < -0.39 is 14.8 Å². The van der Waals surface area contributed by atoms with E-state index in [1.54, 1.807) is 0 Å². The zero-order chi connectivity index (χ0) is 11.9. The molecule has 1 aromatic carbocycles. The van der Waals surface area contributed by atoms with Crippen molar-refractivity contribution in [3.05, 3.63) is 33.9 Å². The minimum absolute atomic E-state index is 0.0690.